The van der Waals surface area contributed by atoms with Gasteiger partial charge in [0.15, 0.2) is 11.5 Å². The van der Waals surface area contributed by atoms with Crippen molar-refractivity contribution in [2.24, 2.45) is 16.3 Å². The number of allylic oxidation sites excluding steroid dienone is 5. The van der Waals surface area contributed by atoms with E-state index in [2.05, 4.69) is 64.4 Å². The SMILES string of the molecule is COc1cc(C2C#CCNc3cc(ccn3)CCC3=C(C=NC3)CC3(C=CC=CC3C)CCC(OC(C)=O)CC(=O)C2)ccc1O. The number of methoxy groups -OCH3 is 1. The average molecular weight is 622 g/mol. The first-order valence-electron chi connectivity index (χ1n) is 16.0. The Morgan fingerprint density at radius 3 is 2.83 bits per heavy atom. The average Bonchev–Trinajstić information content (AvgIpc) is 3.48. The first kappa shape index (κ1) is 32.7. The summed E-state index contributed by atoms with van der Waals surface area (Å²) in [5.74, 6) is 6.86. The maximum absolute atomic E-state index is 13.6. The second-order valence-electron chi connectivity index (χ2n) is 12.5. The molecule has 2 N–H and O–H groups in total. The lowest BCUT2D eigenvalue weighted by molar-refractivity contribution is -0.148. The number of benzene rings is 1. The Labute approximate surface area is 271 Å². The third kappa shape index (κ3) is 8.33. The molecule has 240 valence electrons. The van der Waals surface area contributed by atoms with Gasteiger partial charge in [0.1, 0.15) is 17.7 Å². The van der Waals surface area contributed by atoms with Crippen LogP contribution < -0.4 is 10.1 Å². The Bertz CT molecular complexity index is 1630. The fourth-order valence-corrected chi connectivity index (χ4v) is 6.59. The molecule has 0 saturated heterocycles. The van der Waals surface area contributed by atoms with Crippen LogP contribution in [-0.4, -0.2) is 54.4 Å². The van der Waals surface area contributed by atoms with Crippen LogP contribution in [0.3, 0.4) is 0 Å². The van der Waals surface area contributed by atoms with Gasteiger partial charge in [-0.1, -0.05) is 49.1 Å². The fourth-order valence-electron chi connectivity index (χ4n) is 6.59. The summed E-state index contributed by atoms with van der Waals surface area (Å²) in [6.07, 6.45) is 16.2. The molecule has 0 amide bonds. The van der Waals surface area contributed by atoms with Gasteiger partial charge >= 0.3 is 5.97 Å². The van der Waals surface area contributed by atoms with Crippen LogP contribution in [0.15, 0.2) is 77.0 Å². The standard InChI is InChI=1S/C38H43N3O5/c1-26-7-4-5-15-38(26)16-13-34(46-27(2)42)22-33(43)20-29(30-11-12-35(44)36(21-30)45-3)8-6-17-40-37-19-28(14-18-41-37)9-10-31-24-39-25-32(31)23-38/h4-5,7,11-12,14-15,18-19,21,25-26,29,34,44H,9-10,13,16-17,20,22-24H2,1-3H3,(H,40,41). The van der Waals surface area contributed by atoms with Crippen LogP contribution in [0.1, 0.15) is 69.4 Å². The molecule has 8 heteroatoms. The van der Waals surface area contributed by atoms with E-state index in [1.165, 1.54) is 30.7 Å². The number of aryl methyl sites for hydroxylation is 1. The number of hydrogen-bond donors (Lipinski definition) is 2. The van der Waals surface area contributed by atoms with E-state index in [9.17, 15) is 14.7 Å². The number of esters is 1. The molecule has 46 heavy (non-hydrogen) atoms. The minimum absolute atomic E-state index is 0.0153. The van der Waals surface area contributed by atoms with E-state index in [0.29, 0.717) is 25.3 Å². The van der Waals surface area contributed by atoms with Crippen molar-refractivity contribution in [2.45, 2.75) is 70.8 Å². The van der Waals surface area contributed by atoms with Crippen molar-refractivity contribution in [1.82, 2.24) is 4.98 Å². The van der Waals surface area contributed by atoms with Crippen LogP contribution in [0.5, 0.6) is 11.5 Å². The maximum atomic E-state index is 13.6. The summed E-state index contributed by atoms with van der Waals surface area (Å²) < 4.78 is 11.1. The molecule has 0 fully saturated rings. The van der Waals surface area contributed by atoms with Gasteiger partial charge in [-0.05, 0) is 90.0 Å². The topological polar surface area (TPSA) is 110 Å². The first-order valence-corrected chi connectivity index (χ1v) is 16.0. The zero-order valence-electron chi connectivity index (χ0n) is 26.9. The Morgan fingerprint density at radius 2 is 2.02 bits per heavy atom. The minimum Gasteiger partial charge on any atom is -0.504 e. The van der Waals surface area contributed by atoms with Gasteiger partial charge in [-0.2, -0.15) is 0 Å². The lowest BCUT2D eigenvalue weighted by Crippen LogP contribution is -2.31. The van der Waals surface area contributed by atoms with Crippen molar-refractivity contribution in [2.75, 3.05) is 25.5 Å². The number of hydrogen-bond acceptors (Lipinski definition) is 8. The number of phenolic OH excluding ortho intramolecular Hbond substituents is 1. The molecule has 1 aliphatic carbocycles. The maximum Gasteiger partial charge on any atom is 0.302 e. The van der Waals surface area contributed by atoms with Gasteiger partial charge in [-0.3, -0.25) is 14.6 Å². The zero-order chi connectivity index (χ0) is 32.5. The summed E-state index contributed by atoms with van der Waals surface area (Å²) in [6.45, 7) is 4.68. The molecule has 3 heterocycles. The molecule has 1 aromatic carbocycles. The highest BCUT2D eigenvalue weighted by Crippen LogP contribution is 2.45. The summed E-state index contributed by atoms with van der Waals surface area (Å²) in [7, 11) is 1.49. The molecule has 2 aromatic rings. The first-order chi connectivity index (χ1) is 22.2. The minimum atomic E-state index is -0.551. The van der Waals surface area contributed by atoms with Crippen LogP contribution in [-0.2, 0) is 20.7 Å². The summed E-state index contributed by atoms with van der Waals surface area (Å²) in [5, 5.41) is 13.5. The molecule has 1 aromatic heterocycles. The predicted molar refractivity (Wildman–Crippen MR) is 180 cm³/mol. The number of anilines is 1. The van der Waals surface area contributed by atoms with Crippen molar-refractivity contribution in [3.63, 3.8) is 0 Å². The third-order valence-corrected chi connectivity index (χ3v) is 9.28. The lowest BCUT2D eigenvalue weighted by Gasteiger charge is -2.38. The number of aliphatic imine (C=N–C) groups is 1. The number of Topliss-reactive ketones (excluding diaryl/α,β-unsaturated/α-hetero) is 1. The Hall–Kier alpha value is -4.64. The van der Waals surface area contributed by atoms with Crippen LogP contribution >= 0.6 is 0 Å². The van der Waals surface area contributed by atoms with E-state index in [1.807, 2.05) is 18.5 Å². The normalized spacial score (nSPS) is 25.3. The molecule has 2 aliphatic heterocycles. The summed E-state index contributed by atoms with van der Waals surface area (Å²) in [4.78, 5) is 35.0. The quantitative estimate of drug-likeness (QED) is 0.297. The largest absolute Gasteiger partial charge is 0.504 e. The van der Waals surface area contributed by atoms with Crippen molar-refractivity contribution in [3.05, 3.63) is 83.1 Å². The van der Waals surface area contributed by atoms with Crippen LogP contribution in [0.4, 0.5) is 5.82 Å². The van der Waals surface area contributed by atoms with Gasteiger partial charge in [0, 0.05) is 32.2 Å². The number of aromatic hydroxyl groups is 1. The van der Waals surface area contributed by atoms with Crippen molar-refractivity contribution >= 4 is 23.8 Å². The molecule has 2 bridgehead atoms. The van der Waals surface area contributed by atoms with Gasteiger partial charge in [-0.25, -0.2) is 4.98 Å². The van der Waals surface area contributed by atoms with E-state index in [0.717, 1.165) is 37.1 Å². The third-order valence-electron chi connectivity index (χ3n) is 9.28. The van der Waals surface area contributed by atoms with E-state index in [1.54, 1.807) is 18.2 Å². The number of nitrogens with one attached hydrogen (secondary N) is 1. The Kier molecular flexibility index (Phi) is 10.7. The molecule has 8 nitrogen and oxygen atoms in total. The summed E-state index contributed by atoms with van der Waals surface area (Å²) >= 11 is 0. The van der Waals surface area contributed by atoms with E-state index >= 15 is 0 Å². The molecular weight excluding hydrogens is 578 g/mol. The number of carbonyl (C=O) groups is 2. The van der Waals surface area contributed by atoms with Crippen molar-refractivity contribution in [3.8, 4) is 23.3 Å². The highest BCUT2D eigenvalue weighted by atomic mass is 16.5. The molecule has 0 radical (unpaired) electrons. The predicted octanol–water partition coefficient (Wildman–Crippen LogP) is 6.52. The number of pyridine rings is 1. The fraction of sp³-hybridized carbons (Fsp3) is 0.421. The van der Waals surface area contributed by atoms with Gasteiger partial charge in [-0.15, -0.1) is 0 Å². The van der Waals surface area contributed by atoms with Crippen LogP contribution in [0.25, 0.3) is 0 Å². The smallest absolute Gasteiger partial charge is 0.302 e. The lowest BCUT2D eigenvalue weighted by atomic mass is 9.66. The van der Waals surface area contributed by atoms with Crippen LogP contribution in [0.2, 0.25) is 0 Å². The zero-order valence-corrected chi connectivity index (χ0v) is 26.9. The summed E-state index contributed by atoms with van der Waals surface area (Å²) in [6, 6.07) is 9.14. The van der Waals surface area contributed by atoms with E-state index < -0.39 is 18.0 Å². The Balaban J connectivity index is 1.48. The van der Waals surface area contributed by atoms with Crippen LogP contribution in [0, 0.1) is 23.2 Å². The molecule has 4 unspecified atom stereocenters. The Morgan fingerprint density at radius 1 is 1.15 bits per heavy atom. The molecule has 5 rings (SSSR count). The second-order valence-corrected chi connectivity index (χ2v) is 12.5. The van der Waals surface area contributed by atoms with Crippen molar-refractivity contribution < 1.29 is 24.2 Å². The second kappa shape index (κ2) is 15.1. The summed E-state index contributed by atoms with van der Waals surface area (Å²) in [5.41, 5.74) is 4.38. The van der Waals surface area contributed by atoms with E-state index in [4.69, 9.17) is 9.47 Å². The highest BCUT2D eigenvalue weighted by Gasteiger charge is 2.36. The molecule has 1 spiro atoms. The molecule has 3 aliphatic rings. The highest BCUT2D eigenvalue weighted by molar-refractivity contribution is 5.83. The number of rotatable bonds is 3. The van der Waals surface area contributed by atoms with Gasteiger partial charge in [0.2, 0.25) is 0 Å². The number of carbonyl (C=O) groups excluding carboxylic acids is 2. The number of phenols is 1. The number of ketones is 1. The number of ether oxygens (including phenoxy) is 2. The number of aromatic nitrogens is 1. The number of nitrogens with zero attached hydrogens (tertiary/aromatic N) is 2. The molecule has 4 atom stereocenters. The monoisotopic (exact) mass is 621 g/mol. The number of fused-ring (bicyclic) bond motifs is 2. The van der Waals surface area contributed by atoms with Gasteiger partial charge in [0.25, 0.3) is 0 Å². The molecular formula is C38H43N3O5. The van der Waals surface area contributed by atoms with Gasteiger partial charge in [0.05, 0.1) is 26.1 Å². The van der Waals surface area contributed by atoms with Crippen molar-refractivity contribution in [1.29, 1.82) is 0 Å². The van der Waals surface area contributed by atoms with E-state index in [-0.39, 0.29) is 35.7 Å². The van der Waals surface area contributed by atoms with Gasteiger partial charge < -0.3 is 19.9 Å². The molecule has 0 saturated carbocycles.